The van der Waals surface area contributed by atoms with Crippen molar-refractivity contribution in [1.82, 2.24) is 5.32 Å². The summed E-state index contributed by atoms with van der Waals surface area (Å²) in [6.07, 6.45) is 2.11. The first-order valence-electron chi connectivity index (χ1n) is 6.35. The first kappa shape index (κ1) is 14.8. The van der Waals surface area contributed by atoms with Crippen molar-refractivity contribution in [3.63, 3.8) is 0 Å². The quantitative estimate of drug-likeness (QED) is 0.783. The van der Waals surface area contributed by atoms with Crippen molar-refractivity contribution >= 4 is 12.1 Å². The van der Waals surface area contributed by atoms with Crippen LogP contribution in [-0.2, 0) is 14.3 Å². The number of rotatable bonds is 4. The molecule has 1 N–H and O–H groups in total. The highest BCUT2D eigenvalue weighted by Crippen LogP contribution is 2.36. The first-order valence-corrected chi connectivity index (χ1v) is 6.35. The third-order valence-corrected chi connectivity index (χ3v) is 3.14. The first-order chi connectivity index (χ1) is 8.31. The second-order valence-corrected chi connectivity index (χ2v) is 5.76. The highest BCUT2D eigenvalue weighted by molar-refractivity contribution is 5.69. The Labute approximate surface area is 108 Å². The molecule has 2 atom stereocenters. The molecular weight excluding hydrogens is 234 g/mol. The average molecular weight is 257 g/mol. The van der Waals surface area contributed by atoms with E-state index in [9.17, 15) is 9.59 Å². The zero-order valence-corrected chi connectivity index (χ0v) is 11.6. The summed E-state index contributed by atoms with van der Waals surface area (Å²) >= 11 is 0. The van der Waals surface area contributed by atoms with Gasteiger partial charge in [0.25, 0.3) is 0 Å². The molecule has 0 aromatic heterocycles. The molecule has 0 heterocycles. The van der Waals surface area contributed by atoms with E-state index in [1.165, 1.54) is 7.11 Å². The lowest BCUT2D eigenvalue weighted by Gasteiger charge is -2.36. The normalized spacial score (nSPS) is 22.9. The lowest BCUT2D eigenvalue weighted by Crippen LogP contribution is -2.40. The van der Waals surface area contributed by atoms with Crippen molar-refractivity contribution in [2.45, 2.75) is 45.6 Å². The number of amides is 1. The third kappa shape index (κ3) is 4.94. The molecule has 1 fully saturated rings. The van der Waals surface area contributed by atoms with E-state index >= 15 is 0 Å². The van der Waals surface area contributed by atoms with Crippen LogP contribution in [0.3, 0.4) is 0 Å². The van der Waals surface area contributed by atoms with Gasteiger partial charge in [0.05, 0.1) is 7.11 Å². The summed E-state index contributed by atoms with van der Waals surface area (Å²) in [6.45, 7) is 6.05. The summed E-state index contributed by atoms with van der Waals surface area (Å²) in [5.41, 5.74) is -0.477. The van der Waals surface area contributed by atoms with Gasteiger partial charge in [-0.25, -0.2) is 4.79 Å². The second kappa shape index (κ2) is 6.07. The summed E-state index contributed by atoms with van der Waals surface area (Å²) in [5.74, 6) is 0.506. The van der Waals surface area contributed by atoms with Crippen molar-refractivity contribution in [3.8, 4) is 0 Å². The standard InChI is InChI=1S/C13H23NO4/c1-13(2,3)18-12(16)14-8-10-6-5-9(10)7-11(15)17-4/h9-10H,5-8H2,1-4H3,(H,14,16)/t9-,10+/m1/s1. The molecule has 1 saturated carbocycles. The highest BCUT2D eigenvalue weighted by Gasteiger charge is 2.33. The molecule has 1 aliphatic rings. The molecule has 5 nitrogen and oxygen atoms in total. The van der Waals surface area contributed by atoms with Crippen LogP contribution in [0.15, 0.2) is 0 Å². The number of alkyl carbamates (subject to hydrolysis) is 1. The zero-order chi connectivity index (χ0) is 13.8. The largest absolute Gasteiger partial charge is 0.469 e. The van der Waals surface area contributed by atoms with Gasteiger partial charge in [0.2, 0.25) is 0 Å². The molecule has 0 bridgehead atoms. The minimum Gasteiger partial charge on any atom is -0.469 e. The summed E-state index contributed by atoms with van der Waals surface area (Å²) < 4.78 is 9.80. The number of nitrogens with one attached hydrogen (secondary N) is 1. The fraction of sp³-hybridized carbons (Fsp3) is 0.846. The maximum Gasteiger partial charge on any atom is 0.407 e. The lowest BCUT2D eigenvalue weighted by molar-refractivity contribution is -0.143. The van der Waals surface area contributed by atoms with E-state index in [1.54, 1.807) is 0 Å². The number of carbonyl (C=O) groups is 2. The Kier molecular flexibility index (Phi) is 4.99. The molecular formula is C13H23NO4. The number of methoxy groups -OCH3 is 1. The Morgan fingerprint density at radius 1 is 1.22 bits per heavy atom. The molecule has 104 valence electrons. The minimum absolute atomic E-state index is 0.179. The van der Waals surface area contributed by atoms with Crippen molar-refractivity contribution in [2.24, 2.45) is 11.8 Å². The SMILES string of the molecule is COC(=O)C[C@H]1CC[C@H]1CNC(=O)OC(C)(C)C. The van der Waals surface area contributed by atoms with E-state index in [4.69, 9.17) is 4.74 Å². The van der Waals surface area contributed by atoms with Gasteiger partial charge >= 0.3 is 12.1 Å². The van der Waals surface area contributed by atoms with Gasteiger partial charge in [0.1, 0.15) is 5.60 Å². The topological polar surface area (TPSA) is 64.6 Å². The number of ether oxygens (including phenoxy) is 2. The van der Waals surface area contributed by atoms with Gasteiger partial charge in [-0.05, 0) is 45.4 Å². The minimum atomic E-state index is -0.477. The molecule has 0 aliphatic heterocycles. The van der Waals surface area contributed by atoms with Crippen LogP contribution >= 0.6 is 0 Å². The lowest BCUT2D eigenvalue weighted by atomic mass is 9.72. The van der Waals surface area contributed by atoms with Gasteiger partial charge in [-0.15, -0.1) is 0 Å². The summed E-state index contributed by atoms with van der Waals surface area (Å²) in [6, 6.07) is 0. The van der Waals surface area contributed by atoms with Crippen LogP contribution in [0.4, 0.5) is 4.79 Å². The zero-order valence-electron chi connectivity index (χ0n) is 11.6. The van der Waals surface area contributed by atoms with Crippen LogP contribution in [0.1, 0.15) is 40.0 Å². The van der Waals surface area contributed by atoms with Crippen molar-refractivity contribution in [1.29, 1.82) is 0 Å². The summed E-state index contributed by atoms with van der Waals surface area (Å²) in [5, 5.41) is 2.75. The van der Waals surface area contributed by atoms with E-state index in [0.717, 1.165) is 12.8 Å². The number of esters is 1. The van der Waals surface area contributed by atoms with Crippen LogP contribution in [0, 0.1) is 11.8 Å². The molecule has 0 aromatic carbocycles. The molecule has 0 saturated heterocycles. The molecule has 1 amide bonds. The van der Waals surface area contributed by atoms with Gasteiger partial charge in [-0.2, -0.15) is 0 Å². The van der Waals surface area contributed by atoms with Crippen molar-refractivity contribution < 1.29 is 19.1 Å². The Bertz CT molecular complexity index is 309. The van der Waals surface area contributed by atoms with Gasteiger partial charge in [-0.1, -0.05) is 0 Å². The Morgan fingerprint density at radius 3 is 2.28 bits per heavy atom. The predicted molar refractivity (Wildman–Crippen MR) is 67.1 cm³/mol. The maximum absolute atomic E-state index is 11.5. The van der Waals surface area contributed by atoms with Gasteiger partial charge in [-0.3, -0.25) is 4.79 Å². The van der Waals surface area contributed by atoms with E-state index in [1.807, 2.05) is 20.8 Å². The van der Waals surface area contributed by atoms with E-state index < -0.39 is 11.7 Å². The monoisotopic (exact) mass is 257 g/mol. The number of hydrogen-bond acceptors (Lipinski definition) is 4. The van der Waals surface area contributed by atoms with Crippen molar-refractivity contribution in [3.05, 3.63) is 0 Å². The Balaban J connectivity index is 2.24. The molecule has 1 aliphatic carbocycles. The van der Waals surface area contributed by atoms with Crippen LogP contribution < -0.4 is 5.32 Å². The molecule has 5 heteroatoms. The van der Waals surface area contributed by atoms with Crippen LogP contribution in [0.25, 0.3) is 0 Å². The number of carbonyl (C=O) groups excluding carboxylic acids is 2. The second-order valence-electron chi connectivity index (χ2n) is 5.76. The molecule has 0 aromatic rings. The van der Waals surface area contributed by atoms with Gasteiger partial charge < -0.3 is 14.8 Å². The molecule has 0 unspecified atom stereocenters. The Morgan fingerprint density at radius 2 is 1.83 bits per heavy atom. The third-order valence-electron chi connectivity index (χ3n) is 3.14. The molecule has 18 heavy (non-hydrogen) atoms. The molecule has 0 radical (unpaired) electrons. The summed E-state index contributed by atoms with van der Waals surface area (Å²) in [4.78, 5) is 22.6. The summed E-state index contributed by atoms with van der Waals surface area (Å²) in [7, 11) is 1.40. The molecule has 1 rings (SSSR count). The van der Waals surface area contributed by atoms with Crippen LogP contribution in [-0.4, -0.2) is 31.3 Å². The fourth-order valence-corrected chi connectivity index (χ4v) is 2.00. The maximum atomic E-state index is 11.5. The van der Waals surface area contributed by atoms with E-state index in [0.29, 0.717) is 24.8 Å². The van der Waals surface area contributed by atoms with Gasteiger partial charge in [0.15, 0.2) is 0 Å². The van der Waals surface area contributed by atoms with Crippen molar-refractivity contribution in [2.75, 3.05) is 13.7 Å². The van der Waals surface area contributed by atoms with Crippen LogP contribution in [0.2, 0.25) is 0 Å². The van der Waals surface area contributed by atoms with E-state index in [-0.39, 0.29) is 5.97 Å². The number of hydrogen-bond donors (Lipinski definition) is 1. The Hall–Kier alpha value is -1.26. The van der Waals surface area contributed by atoms with E-state index in [2.05, 4.69) is 10.1 Å². The van der Waals surface area contributed by atoms with Gasteiger partial charge in [0, 0.05) is 13.0 Å². The predicted octanol–water partition coefficient (Wildman–Crippen LogP) is 2.10. The fourth-order valence-electron chi connectivity index (χ4n) is 2.00. The smallest absolute Gasteiger partial charge is 0.407 e. The average Bonchev–Trinajstić information content (AvgIpc) is 2.21. The van der Waals surface area contributed by atoms with Crippen LogP contribution in [0.5, 0.6) is 0 Å². The molecule has 0 spiro atoms. The highest BCUT2D eigenvalue weighted by atomic mass is 16.6.